The number of nitrogens with one attached hydrogen (secondary N) is 4. The van der Waals surface area contributed by atoms with Gasteiger partial charge in [0.05, 0.1) is 69.6 Å². The van der Waals surface area contributed by atoms with Gasteiger partial charge >= 0.3 is 12.1 Å². The maximum atomic E-state index is 14.4. The van der Waals surface area contributed by atoms with Crippen LogP contribution >= 0.6 is 46.9 Å². The zero-order valence-electron chi connectivity index (χ0n) is 51.3. The number of nitrogens with zero attached hydrogens (tertiary/aromatic N) is 3. The number of likely N-dealkylation sites (tertiary alicyclic amines) is 1. The topological polar surface area (TPSA) is 309 Å². The highest BCUT2D eigenvalue weighted by atomic mass is 35.5. The number of hydrogen-bond donors (Lipinski definition) is 5. The average molecular weight is 1300 g/mol. The Kier molecular flexibility index (Phi) is 29.4. The Balaban J connectivity index is 1.08. The van der Waals surface area contributed by atoms with E-state index in [1.54, 1.807) is 61.7 Å². The summed E-state index contributed by atoms with van der Waals surface area (Å²) in [5.74, 6) is -2.12. The number of imide groups is 1. The Bertz CT molecular complexity index is 2620. The summed E-state index contributed by atoms with van der Waals surface area (Å²) in [6, 6.07) is 2.36. The number of aliphatic hydroxyl groups is 1. The maximum Gasteiger partial charge on any atom is 0.409 e. The zero-order chi connectivity index (χ0) is 64.0. The van der Waals surface area contributed by atoms with Gasteiger partial charge < -0.3 is 68.8 Å². The van der Waals surface area contributed by atoms with Gasteiger partial charge in [0.2, 0.25) is 41.4 Å². The van der Waals surface area contributed by atoms with E-state index >= 15 is 0 Å². The van der Waals surface area contributed by atoms with Crippen molar-refractivity contribution in [2.45, 2.75) is 126 Å². The Morgan fingerprint density at radius 3 is 2.23 bits per heavy atom. The van der Waals surface area contributed by atoms with E-state index < -0.39 is 101 Å². The summed E-state index contributed by atoms with van der Waals surface area (Å²) >= 11 is 11.1. The van der Waals surface area contributed by atoms with Crippen LogP contribution in [-0.4, -0.2) is 239 Å². The Morgan fingerprint density at radius 1 is 0.920 bits per heavy atom. The number of thioether (sulfide) groups is 3. The SMILES string of the molecule is COc1cc2cc(c1Cl)N(C)C(=O)C[C@H](OC(=O)[C@H](C)N(C)C(=O)CCSC1CC(=O)N(CCOCCOCCNC(=O)COC(CNC(=O)CCSC)CNC(=O)CCSC)C1=O)[C@]1(C)O[C@H]1[C@H](C)[C@@H]1C[C@@](O)(NC(=O)O1)[C@H](OC)/C=C/C=C(\C)C2. The van der Waals surface area contributed by atoms with Crippen LogP contribution in [0.25, 0.3) is 0 Å². The van der Waals surface area contributed by atoms with Crippen molar-refractivity contribution in [1.82, 2.24) is 31.1 Å². The first-order valence-corrected chi connectivity index (χ1v) is 33.0. The van der Waals surface area contributed by atoms with Crippen LogP contribution < -0.4 is 30.9 Å². The van der Waals surface area contributed by atoms with Crippen LogP contribution in [0.2, 0.25) is 5.02 Å². The smallest absolute Gasteiger partial charge is 0.409 e. The first kappa shape index (κ1) is 72.6. The van der Waals surface area contributed by atoms with Crippen LogP contribution in [0.5, 0.6) is 5.75 Å². The van der Waals surface area contributed by atoms with Crippen LogP contribution in [0.1, 0.15) is 71.8 Å². The number of epoxide rings is 1. The minimum Gasteiger partial charge on any atom is -0.495 e. The molecule has 1 unspecified atom stereocenters. The summed E-state index contributed by atoms with van der Waals surface area (Å²) in [6.45, 7) is 7.50. The van der Waals surface area contributed by atoms with Crippen molar-refractivity contribution in [3.63, 3.8) is 0 Å². The van der Waals surface area contributed by atoms with E-state index in [9.17, 15) is 48.3 Å². The molecule has 3 saturated heterocycles. The van der Waals surface area contributed by atoms with Crippen LogP contribution in [-0.2, 0) is 77.9 Å². The number of methoxy groups -OCH3 is 2. The number of benzene rings is 1. The third kappa shape index (κ3) is 21.5. The van der Waals surface area contributed by atoms with E-state index in [4.69, 9.17) is 49.5 Å². The monoisotopic (exact) mass is 1300 g/mol. The van der Waals surface area contributed by atoms with Crippen molar-refractivity contribution in [1.29, 1.82) is 0 Å². The number of halogens is 1. The van der Waals surface area contributed by atoms with Gasteiger partial charge in [-0.15, -0.1) is 11.8 Å². The molecule has 25 nitrogen and oxygen atoms in total. The lowest BCUT2D eigenvalue weighted by molar-refractivity contribution is -0.162. The molecular weight excluding hydrogens is 1210 g/mol. The number of allylic oxidation sites excluding steroid dienone is 3. The molecule has 5 N–H and O–H groups in total. The average Bonchev–Trinajstić information content (AvgIpc) is 1.60. The number of fused-ring (bicyclic) bond motifs is 5. The predicted octanol–water partition coefficient (Wildman–Crippen LogP) is 3.04. The van der Waals surface area contributed by atoms with E-state index in [0.717, 1.165) is 27.8 Å². The van der Waals surface area contributed by atoms with Gasteiger partial charge in [0.25, 0.3) is 0 Å². The number of carbonyl (C=O) groups is 9. The van der Waals surface area contributed by atoms with E-state index in [-0.39, 0.29) is 107 Å². The third-order valence-electron chi connectivity index (χ3n) is 15.3. The fourth-order valence-electron chi connectivity index (χ4n) is 9.90. The van der Waals surface area contributed by atoms with Gasteiger partial charge in [0.1, 0.15) is 47.3 Å². The first-order valence-electron chi connectivity index (χ1n) is 28.8. The Hall–Kier alpha value is -5.17. The van der Waals surface area contributed by atoms with Crippen molar-refractivity contribution < 1.29 is 86.2 Å². The van der Waals surface area contributed by atoms with Crippen molar-refractivity contribution >= 4 is 106 Å². The Morgan fingerprint density at radius 2 is 1.59 bits per heavy atom. The fraction of sp³-hybridized carbons (Fsp3) is 0.672. The van der Waals surface area contributed by atoms with Gasteiger partial charge in [-0.25, -0.2) is 9.59 Å². The molecule has 29 heteroatoms. The number of likely N-dealkylation sites (N-methyl/N-ethyl adjacent to an activating group) is 1. The number of carbonyl (C=O) groups excluding carboxylic acids is 9. The normalized spacial score (nSPS) is 25.3. The second kappa shape index (κ2) is 35.3. The molecule has 4 aliphatic rings. The van der Waals surface area contributed by atoms with Crippen molar-refractivity contribution in [2.75, 3.05) is 122 Å². The summed E-state index contributed by atoms with van der Waals surface area (Å²) < 4.78 is 46.3. The summed E-state index contributed by atoms with van der Waals surface area (Å²) in [4.78, 5) is 122. The molecule has 4 bridgehead atoms. The fourth-order valence-corrected chi connectivity index (χ4v) is 12.1. The van der Waals surface area contributed by atoms with E-state index in [1.807, 2.05) is 25.5 Å². The molecule has 486 valence electrons. The molecule has 8 amide bonds. The number of esters is 1. The zero-order valence-corrected chi connectivity index (χ0v) is 54.5. The second-order valence-electron chi connectivity index (χ2n) is 21.7. The number of hydrogen-bond acceptors (Lipinski definition) is 21. The standard InChI is InChI=1S/C58H86ClN7O18S3/c1-35-12-11-13-44(78-8)58(76)31-42(82-56(75)63-58)36(2)53-57(4,84-53)45(30-50(71)65(6)40-27-38(26-35)28-41(77-7)52(40)59)83-55(74)37(3)64(5)49(70)16-25-87-43-29-51(72)66(54(43)73)18-20-80-22-21-79-19-17-60-48(69)34-81-39(32-61-46(67)14-23-85-9)33-62-47(68)15-24-86-10/h11-13,27-28,36-37,39,42-45,53,76H,14-26,29-34H2,1-10H3,(H,60,69)(H,61,67)(H,62,68)(H,63,75)/b13-11+,35-12+/t36-,37+,42+,43?,44-,45+,53+,57+,58+/m1/s1. The number of ether oxygens (including phenoxy) is 8. The molecule has 0 spiro atoms. The van der Waals surface area contributed by atoms with Crippen LogP contribution in [0.4, 0.5) is 10.5 Å². The highest BCUT2D eigenvalue weighted by molar-refractivity contribution is 8.00. The molecule has 1 aromatic carbocycles. The van der Waals surface area contributed by atoms with Crippen LogP contribution in [0, 0.1) is 5.92 Å². The predicted molar refractivity (Wildman–Crippen MR) is 330 cm³/mol. The number of amides is 8. The van der Waals surface area contributed by atoms with Crippen molar-refractivity contribution in [2.24, 2.45) is 5.92 Å². The van der Waals surface area contributed by atoms with E-state index in [2.05, 4.69) is 21.3 Å². The number of rotatable bonds is 31. The maximum absolute atomic E-state index is 14.4. The molecular formula is C58H86ClN7O18S3. The molecule has 4 aliphatic heterocycles. The summed E-state index contributed by atoms with van der Waals surface area (Å²) in [6.07, 6.45) is 3.96. The highest BCUT2D eigenvalue weighted by Gasteiger charge is 2.64. The van der Waals surface area contributed by atoms with E-state index in [1.165, 1.54) is 45.0 Å². The minimum atomic E-state index is -1.89. The quantitative estimate of drug-likeness (QED) is 0.0309. The van der Waals surface area contributed by atoms with Gasteiger partial charge in [0, 0.05) is 96.1 Å². The molecule has 0 aliphatic carbocycles. The molecule has 3 fully saturated rings. The first-order chi connectivity index (χ1) is 41.4. The molecule has 0 saturated carbocycles. The van der Waals surface area contributed by atoms with Gasteiger partial charge in [-0.2, -0.15) is 23.5 Å². The largest absolute Gasteiger partial charge is 0.495 e. The molecule has 87 heavy (non-hydrogen) atoms. The van der Waals surface area contributed by atoms with Crippen molar-refractivity contribution in [3.05, 3.63) is 46.5 Å². The molecule has 0 aromatic heterocycles. The molecule has 1 aromatic rings. The Labute approximate surface area is 526 Å². The second-order valence-corrected chi connectivity index (χ2v) is 25.4. The van der Waals surface area contributed by atoms with E-state index in [0.29, 0.717) is 42.2 Å². The lowest BCUT2D eigenvalue weighted by Crippen LogP contribution is -2.63. The third-order valence-corrected chi connectivity index (χ3v) is 18.1. The number of alkyl carbamates (subject to hydrolysis) is 1. The van der Waals surface area contributed by atoms with Gasteiger partial charge in [-0.1, -0.05) is 42.3 Å². The molecule has 4 heterocycles. The summed E-state index contributed by atoms with van der Waals surface area (Å²) in [7, 11) is 5.84. The lowest BCUT2D eigenvalue weighted by atomic mass is 9.83. The van der Waals surface area contributed by atoms with Gasteiger partial charge in [-0.3, -0.25) is 43.8 Å². The van der Waals surface area contributed by atoms with Gasteiger partial charge in [-0.05, 0) is 57.4 Å². The summed E-state index contributed by atoms with van der Waals surface area (Å²) in [5, 5.41) is 22.1. The highest BCUT2D eigenvalue weighted by Crippen LogP contribution is 2.49. The molecule has 5 rings (SSSR count). The molecule has 9 atom stereocenters. The van der Waals surface area contributed by atoms with Crippen LogP contribution in [0.3, 0.4) is 0 Å². The number of anilines is 1. The minimum absolute atomic E-state index is 0.0113. The summed E-state index contributed by atoms with van der Waals surface area (Å²) in [5.41, 5.74) is -1.24. The van der Waals surface area contributed by atoms with Gasteiger partial charge in [0.15, 0.2) is 5.72 Å². The van der Waals surface area contributed by atoms with Crippen molar-refractivity contribution in [3.8, 4) is 5.75 Å². The lowest BCUT2D eigenvalue weighted by Gasteiger charge is -2.42. The molecule has 0 radical (unpaired) electrons. The van der Waals surface area contributed by atoms with Crippen LogP contribution in [0.15, 0.2) is 35.9 Å².